The van der Waals surface area contributed by atoms with Crippen molar-refractivity contribution >= 4 is 17.3 Å². The largest absolute Gasteiger partial charge is 0.398 e. The molecule has 1 heterocycles. The van der Waals surface area contributed by atoms with Crippen LogP contribution in [0, 0.1) is 12.7 Å². The van der Waals surface area contributed by atoms with E-state index in [-0.39, 0.29) is 11.3 Å². The van der Waals surface area contributed by atoms with Crippen molar-refractivity contribution in [2.75, 3.05) is 11.1 Å². The summed E-state index contributed by atoms with van der Waals surface area (Å²) in [6, 6.07) is 6.00. The molecular formula is C13H12FN3O. The summed E-state index contributed by atoms with van der Waals surface area (Å²) >= 11 is 0. The number of amides is 1. The van der Waals surface area contributed by atoms with Crippen molar-refractivity contribution in [3.8, 4) is 0 Å². The molecule has 1 aromatic carbocycles. The van der Waals surface area contributed by atoms with Crippen LogP contribution in [0.3, 0.4) is 0 Å². The van der Waals surface area contributed by atoms with Gasteiger partial charge >= 0.3 is 0 Å². The van der Waals surface area contributed by atoms with Gasteiger partial charge in [0.2, 0.25) is 0 Å². The zero-order valence-corrected chi connectivity index (χ0v) is 9.77. The molecule has 0 bridgehead atoms. The highest BCUT2D eigenvalue weighted by Crippen LogP contribution is 2.18. The second-order valence-corrected chi connectivity index (χ2v) is 3.87. The number of nitrogen functional groups attached to an aromatic ring is 1. The quantitative estimate of drug-likeness (QED) is 0.798. The minimum absolute atomic E-state index is 0.180. The lowest BCUT2D eigenvalue weighted by Gasteiger charge is -2.07. The highest BCUT2D eigenvalue weighted by Gasteiger charge is 2.11. The first-order valence-electron chi connectivity index (χ1n) is 5.35. The maximum absolute atomic E-state index is 13.5. The Balaban J connectivity index is 2.25. The van der Waals surface area contributed by atoms with Gasteiger partial charge in [0.25, 0.3) is 5.91 Å². The first-order chi connectivity index (χ1) is 8.58. The zero-order valence-electron chi connectivity index (χ0n) is 9.77. The van der Waals surface area contributed by atoms with Gasteiger partial charge < -0.3 is 11.1 Å². The van der Waals surface area contributed by atoms with Crippen molar-refractivity contribution in [2.24, 2.45) is 0 Å². The summed E-state index contributed by atoms with van der Waals surface area (Å²) in [5.74, 6) is -0.917. The predicted octanol–water partition coefficient (Wildman–Crippen LogP) is 2.36. The molecule has 2 rings (SSSR count). The third-order valence-electron chi connectivity index (χ3n) is 2.57. The molecule has 18 heavy (non-hydrogen) atoms. The summed E-state index contributed by atoms with van der Waals surface area (Å²) in [5.41, 5.74) is 6.94. The van der Waals surface area contributed by atoms with E-state index in [2.05, 4.69) is 10.3 Å². The van der Waals surface area contributed by atoms with Crippen molar-refractivity contribution < 1.29 is 9.18 Å². The fraction of sp³-hybridized carbons (Fsp3) is 0.0769. The number of anilines is 2. The van der Waals surface area contributed by atoms with Crippen LogP contribution in [0.4, 0.5) is 15.8 Å². The molecule has 0 spiro atoms. The molecule has 0 saturated carbocycles. The number of rotatable bonds is 2. The minimum Gasteiger partial charge on any atom is -0.398 e. The van der Waals surface area contributed by atoms with Crippen molar-refractivity contribution in [1.29, 1.82) is 0 Å². The summed E-state index contributed by atoms with van der Waals surface area (Å²) in [6.07, 6.45) is 3.10. The molecule has 4 nitrogen and oxygen atoms in total. The number of nitrogens with one attached hydrogen (secondary N) is 1. The third-order valence-corrected chi connectivity index (χ3v) is 2.57. The van der Waals surface area contributed by atoms with E-state index < -0.39 is 11.7 Å². The monoisotopic (exact) mass is 245 g/mol. The molecule has 1 amide bonds. The maximum Gasteiger partial charge on any atom is 0.255 e. The molecule has 0 atom stereocenters. The van der Waals surface area contributed by atoms with Crippen LogP contribution in [0.15, 0.2) is 36.7 Å². The zero-order chi connectivity index (χ0) is 13.1. The molecule has 0 unspecified atom stereocenters. The van der Waals surface area contributed by atoms with Crippen molar-refractivity contribution in [3.63, 3.8) is 0 Å². The Bertz CT molecular complexity index is 561. The highest BCUT2D eigenvalue weighted by atomic mass is 19.1. The summed E-state index contributed by atoms with van der Waals surface area (Å²) in [5, 5.41) is 2.61. The molecule has 0 saturated heterocycles. The number of nitrogens with two attached hydrogens (primary N) is 1. The van der Waals surface area contributed by atoms with Crippen LogP contribution < -0.4 is 11.1 Å². The Morgan fingerprint density at radius 2 is 2.22 bits per heavy atom. The smallest absolute Gasteiger partial charge is 0.255 e. The van der Waals surface area contributed by atoms with Crippen LogP contribution in [0.5, 0.6) is 0 Å². The lowest BCUT2D eigenvalue weighted by Crippen LogP contribution is -2.13. The summed E-state index contributed by atoms with van der Waals surface area (Å²) in [4.78, 5) is 15.7. The number of benzene rings is 1. The van der Waals surface area contributed by atoms with E-state index in [9.17, 15) is 9.18 Å². The summed E-state index contributed by atoms with van der Waals surface area (Å²) in [7, 11) is 0. The van der Waals surface area contributed by atoms with Crippen LogP contribution in [0.2, 0.25) is 0 Å². The molecule has 92 valence electrons. The average Bonchev–Trinajstić information content (AvgIpc) is 2.36. The van der Waals surface area contributed by atoms with Gasteiger partial charge in [-0.15, -0.1) is 0 Å². The molecular weight excluding hydrogens is 233 g/mol. The molecule has 1 aromatic heterocycles. The van der Waals surface area contributed by atoms with Gasteiger partial charge in [0, 0.05) is 23.0 Å². The van der Waals surface area contributed by atoms with E-state index in [1.165, 1.54) is 12.3 Å². The average molecular weight is 245 g/mol. The van der Waals surface area contributed by atoms with Gasteiger partial charge in [0.1, 0.15) is 5.82 Å². The van der Waals surface area contributed by atoms with Crippen LogP contribution in [0.25, 0.3) is 0 Å². The number of hydrogen-bond donors (Lipinski definition) is 2. The SMILES string of the molecule is Cc1c(N)cc(C(=O)Nc2cccnc2)cc1F. The molecule has 0 radical (unpaired) electrons. The summed E-state index contributed by atoms with van der Waals surface area (Å²) in [6.45, 7) is 1.56. The third kappa shape index (κ3) is 2.45. The highest BCUT2D eigenvalue weighted by molar-refractivity contribution is 6.04. The van der Waals surface area contributed by atoms with Crippen LogP contribution in [-0.2, 0) is 0 Å². The number of pyridine rings is 1. The molecule has 2 aromatic rings. The number of carbonyl (C=O) groups is 1. The van der Waals surface area contributed by atoms with Crippen LogP contribution in [-0.4, -0.2) is 10.9 Å². The van der Waals surface area contributed by atoms with Crippen LogP contribution in [0.1, 0.15) is 15.9 Å². The standard InChI is InChI=1S/C13H12FN3O/c1-8-11(14)5-9(6-12(8)15)13(18)17-10-3-2-4-16-7-10/h2-7H,15H2,1H3,(H,17,18). The van der Waals surface area contributed by atoms with Crippen molar-refractivity contribution in [3.05, 3.63) is 53.6 Å². The molecule has 0 fully saturated rings. The number of halogens is 1. The number of carbonyl (C=O) groups excluding carboxylic acids is 1. The first kappa shape index (κ1) is 12.0. The van der Waals surface area contributed by atoms with Gasteiger partial charge in [-0.3, -0.25) is 9.78 Å². The Morgan fingerprint density at radius 1 is 1.44 bits per heavy atom. The normalized spacial score (nSPS) is 10.1. The number of aromatic nitrogens is 1. The van der Waals surface area contributed by atoms with Gasteiger partial charge in [-0.25, -0.2) is 4.39 Å². The Labute approximate surface area is 104 Å². The van der Waals surface area contributed by atoms with Crippen molar-refractivity contribution in [1.82, 2.24) is 4.98 Å². The molecule has 0 aliphatic rings. The minimum atomic E-state index is -0.494. The van der Waals surface area contributed by atoms with Gasteiger partial charge in [-0.05, 0) is 31.2 Å². The maximum atomic E-state index is 13.5. The van der Waals surface area contributed by atoms with E-state index in [1.54, 1.807) is 25.3 Å². The molecule has 0 aliphatic heterocycles. The molecule has 3 N–H and O–H groups in total. The number of nitrogens with zero attached hydrogens (tertiary/aromatic N) is 1. The van der Waals surface area contributed by atoms with E-state index >= 15 is 0 Å². The Kier molecular flexibility index (Phi) is 3.23. The van der Waals surface area contributed by atoms with Gasteiger partial charge in [-0.1, -0.05) is 0 Å². The second-order valence-electron chi connectivity index (χ2n) is 3.87. The van der Waals surface area contributed by atoms with Gasteiger partial charge in [-0.2, -0.15) is 0 Å². The van der Waals surface area contributed by atoms with E-state index in [0.29, 0.717) is 11.3 Å². The fourth-order valence-electron chi connectivity index (χ4n) is 1.47. The lowest BCUT2D eigenvalue weighted by atomic mass is 10.1. The van der Waals surface area contributed by atoms with E-state index in [1.807, 2.05) is 0 Å². The Hall–Kier alpha value is -2.43. The van der Waals surface area contributed by atoms with E-state index in [0.717, 1.165) is 6.07 Å². The summed E-state index contributed by atoms with van der Waals surface area (Å²) < 4.78 is 13.5. The lowest BCUT2D eigenvalue weighted by molar-refractivity contribution is 0.102. The molecule has 5 heteroatoms. The van der Waals surface area contributed by atoms with E-state index in [4.69, 9.17) is 5.73 Å². The number of hydrogen-bond acceptors (Lipinski definition) is 3. The molecule has 0 aliphatic carbocycles. The van der Waals surface area contributed by atoms with Crippen LogP contribution >= 0.6 is 0 Å². The predicted molar refractivity (Wildman–Crippen MR) is 67.7 cm³/mol. The Morgan fingerprint density at radius 3 is 2.83 bits per heavy atom. The fourth-order valence-corrected chi connectivity index (χ4v) is 1.47. The first-order valence-corrected chi connectivity index (χ1v) is 5.35. The van der Waals surface area contributed by atoms with Gasteiger partial charge in [0.15, 0.2) is 0 Å². The topological polar surface area (TPSA) is 68.0 Å². The van der Waals surface area contributed by atoms with Gasteiger partial charge in [0.05, 0.1) is 11.9 Å². The van der Waals surface area contributed by atoms with Crippen molar-refractivity contribution in [2.45, 2.75) is 6.92 Å². The second kappa shape index (κ2) is 4.83.